The van der Waals surface area contributed by atoms with E-state index in [4.69, 9.17) is 9.47 Å². The first-order chi connectivity index (χ1) is 14.2. The van der Waals surface area contributed by atoms with Gasteiger partial charge in [0.15, 0.2) is 0 Å². The summed E-state index contributed by atoms with van der Waals surface area (Å²) in [6.07, 6.45) is 10.2. The second-order valence-corrected chi connectivity index (χ2v) is 8.16. The van der Waals surface area contributed by atoms with Crippen LogP contribution in [0.25, 0.3) is 0 Å². The van der Waals surface area contributed by atoms with Crippen LogP contribution in [0.3, 0.4) is 0 Å². The van der Waals surface area contributed by atoms with Crippen molar-refractivity contribution in [3.8, 4) is 0 Å². The highest BCUT2D eigenvalue weighted by Gasteiger charge is 2.41. The minimum atomic E-state index is 0.0364. The molecule has 1 atom stereocenters. The summed E-state index contributed by atoms with van der Waals surface area (Å²) >= 11 is 0. The van der Waals surface area contributed by atoms with Gasteiger partial charge in [0.1, 0.15) is 0 Å². The van der Waals surface area contributed by atoms with Gasteiger partial charge in [0.05, 0.1) is 26.4 Å². The summed E-state index contributed by atoms with van der Waals surface area (Å²) in [7, 11) is 0. The lowest BCUT2D eigenvalue weighted by Gasteiger charge is -2.29. The first-order valence-electron chi connectivity index (χ1n) is 10.8. The van der Waals surface area contributed by atoms with Gasteiger partial charge in [-0.1, -0.05) is 91.4 Å². The van der Waals surface area contributed by atoms with E-state index < -0.39 is 0 Å². The third kappa shape index (κ3) is 6.42. The highest BCUT2D eigenvalue weighted by Crippen LogP contribution is 2.47. The average molecular weight is 391 g/mol. The quantitative estimate of drug-likeness (QED) is 0.419. The molecule has 2 nitrogen and oxygen atoms in total. The molecule has 1 saturated carbocycles. The van der Waals surface area contributed by atoms with E-state index >= 15 is 0 Å². The molecule has 1 fully saturated rings. The second-order valence-electron chi connectivity index (χ2n) is 8.16. The molecular weight excluding hydrogens is 356 g/mol. The molecule has 2 aromatic carbocycles. The van der Waals surface area contributed by atoms with Crippen molar-refractivity contribution < 1.29 is 9.47 Å². The topological polar surface area (TPSA) is 18.5 Å². The number of rotatable bonds is 10. The molecule has 0 amide bonds. The van der Waals surface area contributed by atoms with E-state index in [-0.39, 0.29) is 5.41 Å². The summed E-state index contributed by atoms with van der Waals surface area (Å²) in [6.45, 7) is 7.10. The maximum atomic E-state index is 6.23. The van der Waals surface area contributed by atoms with Crippen molar-refractivity contribution in [3.63, 3.8) is 0 Å². The Labute approximate surface area is 176 Å². The van der Waals surface area contributed by atoms with Crippen molar-refractivity contribution in [1.29, 1.82) is 0 Å². The molecular formula is C27H34O2. The molecule has 0 heterocycles. The molecule has 1 aliphatic carbocycles. The number of benzene rings is 2. The van der Waals surface area contributed by atoms with Crippen LogP contribution in [-0.2, 0) is 22.7 Å². The normalized spacial score (nSPS) is 19.9. The molecule has 29 heavy (non-hydrogen) atoms. The molecule has 0 spiro atoms. The first kappa shape index (κ1) is 21.5. The molecule has 0 N–H and O–H groups in total. The molecule has 0 radical (unpaired) electrons. The lowest BCUT2D eigenvalue weighted by molar-refractivity contribution is -0.0298. The smallest absolute Gasteiger partial charge is 0.0717 e. The van der Waals surface area contributed by atoms with Crippen LogP contribution >= 0.6 is 0 Å². The van der Waals surface area contributed by atoms with E-state index in [2.05, 4.69) is 80.6 Å². The first-order valence-corrected chi connectivity index (χ1v) is 10.8. The third-order valence-corrected chi connectivity index (χ3v) is 5.64. The maximum Gasteiger partial charge on any atom is 0.0717 e. The Hall–Kier alpha value is -2.16. The van der Waals surface area contributed by atoms with Crippen LogP contribution in [-0.4, -0.2) is 13.2 Å². The fourth-order valence-corrected chi connectivity index (χ4v) is 4.32. The minimum absolute atomic E-state index is 0.0364. The van der Waals surface area contributed by atoms with E-state index in [9.17, 15) is 0 Å². The van der Waals surface area contributed by atoms with Gasteiger partial charge >= 0.3 is 0 Å². The molecule has 3 rings (SSSR count). The van der Waals surface area contributed by atoms with Crippen LogP contribution in [0.2, 0.25) is 0 Å². The minimum Gasteiger partial charge on any atom is -0.376 e. The van der Waals surface area contributed by atoms with Gasteiger partial charge in [-0.05, 0) is 43.2 Å². The van der Waals surface area contributed by atoms with Gasteiger partial charge in [-0.2, -0.15) is 0 Å². The Balaban J connectivity index is 1.67. The summed E-state index contributed by atoms with van der Waals surface area (Å²) in [5, 5.41) is 0. The van der Waals surface area contributed by atoms with Crippen LogP contribution < -0.4 is 0 Å². The fraction of sp³-hybridized carbons (Fsp3) is 0.407. The van der Waals surface area contributed by atoms with E-state index in [0.717, 1.165) is 32.5 Å². The Morgan fingerprint density at radius 1 is 0.897 bits per heavy atom. The van der Waals surface area contributed by atoms with Crippen LogP contribution in [0.1, 0.15) is 44.2 Å². The molecule has 0 aliphatic heterocycles. The number of hydrogen-bond donors (Lipinski definition) is 0. The van der Waals surface area contributed by atoms with Crippen molar-refractivity contribution in [1.82, 2.24) is 0 Å². The van der Waals surface area contributed by atoms with E-state index in [1.165, 1.54) is 16.7 Å². The maximum absolute atomic E-state index is 6.23. The zero-order chi connectivity index (χ0) is 20.4. The van der Waals surface area contributed by atoms with Crippen molar-refractivity contribution in [2.24, 2.45) is 11.3 Å². The zero-order valence-corrected chi connectivity index (χ0v) is 17.8. The van der Waals surface area contributed by atoms with Gasteiger partial charge in [-0.25, -0.2) is 0 Å². The van der Waals surface area contributed by atoms with Crippen LogP contribution in [0.4, 0.5) is 0 Å². The SMILES string of the molecule is C/C=C/C1CC(COCc2ccccc2)(COCc2ccccc2)C/C1=C\CC. The number of allylic oxidation sites excluding steroid dienone is 4. The lowest BCUT2D eigenvalue weighted by atomic mass is 9.87. The molecule has 0 bridgehead atoms. The summed E-state index contributed by atoms with van der Waals surface area (Å²) in [6, 6.07) is 20.8. The summed E-state index contributed by atoms with van der Waals surface area (Å²) < 4.78 is 12.5. The van der Waals surface area contributed by atoms with Crippen molar-refractivity contribution in [2.45, 2.75) is 46.3 Å². The molecule has 1 unspecified atom stereocenters. The van der Waals surface area contributed by atoms with Gasteiger partial charge in [-0.15, -0.1) is 0 Å². The Morgan fingerprint density at radius 3 is 1.93 bits per heavy atom. The second kappa shape index (κ2) is 11.1. The van der Waals surface area contributed by atoms with Crippen molar-refractivity contribution >= 4 is 0 Å². The largest absolute Gasteiger partial charge is 0.376 e. The molecule has 2 aromatic rings. The predicted octanol–water partition coefficient (Wildman–Crippen LogP) is 6.73. The molecule has 0 aromatic heterocycles. The van der Waals surface area contributed by atoms with Gasteiger partial charge in [0, 0.05) is 5.41 Å². The number of hydrogen-bond acceptors (Lipinski definition) is 2. The Morgan fingerprint density at radius 2 is 1.45 bits per heavy atom. The standard InChI is InChI=1S/C27H34O2/c1-3-11-25-17-27(18-26(25)12-4-2,21-28-19-23-13-7-5-8-14-23)22-29-20-24-15-9-6-10-16-24/h3,5-16,25H,4,17-22H2,1-2H3/b11-3+,26-12+. The highest BCUT2D eigenvalue weighted by atomic mass is 16.5. The lowest BCUT2D eigenvalue weighted by Crippen LogP contribution is -2.30. The van der Waals surface area contributed by atoms with E-state index in [1.807, 2.05) is 12.1 Å². The molecule has 2 heteroatoms. The van der Waals surface area contributed by atoms with Crippen molar-refractivity contribution in [2.75, 3.05) is 13.2 Å². The van der Waals surface area contributed by atoms with E-state index in [0.29, 0.717) is 19.1 Å². The molecule has 0 saturated heterocycles. The zero-order valence-electron chi connectivity index (χ0n) is 17.8. The van der Waals surface area contributed by atoms with Gasteiger partial charge in [0.25, 0.3) is 0 Å². The van der Waals surface area contributed by atoms with Gasteiger partial charge < -0.3 is 9.47 Å². The van der Waals surface area contributed by atoms with Gasteiger partial charge in [-0.3, -0.25) is 0 Å². The van der Waals surface area contributed by atoms with Gasteiger partial charge in [0.2, 0.25) is 0 Å². The van der Waals surface area contributed by atoms with E-state index in [1.54, 1.807) is 0 Å². The summed E-state index contributed by atoms with van der Waals surface area (Å²) in [4.78, 5) is 0. The third-order valence-electron chi connectivity index (χ3n) is 5.64. The fourth-order valence-electron chi connectivity index (χ4n) is 4.32. The van der Waals surface area contributed by atoms with Crippen molar-refractivity contribution in [3.05, 3.63) is 95.6 Å². The Bertz CT molecular complexity index is 731. The monoisotopic (exact) mass is 390 g/mol. The average Bonchev–Trinajstić information content (AvgIpc) is 3.07. The summed E-state index contributed by atoms with van der Waals surface area (Å²) in [5.74, 6) is 0.501. The number of ether oxygens (including phenoxy) is 2. The molecule has 154 valence electrons. The summed E-state index contributed by atoms with van der Waals surface area (Å²) in [5.41, 5.74) is 4.02. The van der Waals surface area contributed by atoms with Crippen LogP contribution in [0, 0.1) is 11.3 Å². The Kier molecular flexibility index (Phi) is 8.27. The predicted molar refractivity (Wildman–Crippen MR) is 121 cm³/mol. The van der Waals surface area contributed by atoms with Crippen LogP contribution in [0.5, 0.6) is 0 Å². The highest BCUT2D eigenvalue weighted by molar-refractivity contribution is 5.23. The molecule has 1 aliphatic rings. The van der Waals surface area contributed by atoms with Crippen LogP contribution in [0.15, 0.2) is 84.5 Å².